The predicted octanol–water partition coefficient (Wildman–Crippen LogP) is -0.533. The lowest BCUT2D eigenvalue weighted by atomic mass is 10.3. The molecule has 0 aromatic carbocycles. The number of H-pyrrole nitrogens is 1. The lowest BCUT2D eigenvalue weighted by Crippen LogP contribution is -2.34. The molecule has 1 heterocycles. The number of hydrogen-bond donors (Lipinski definition) is 4. The summed E-state index contributed by atoms with van der Waals surface area (Å²) in [4.78, 5) is 36.7. The zero-order valence-corrected chi connectivity index (χ0v) is 11.8. The molecule has 0 atom stereocenters. The Hall–Kier alpha value is -2.25. The number of nitrogens with one attached hydrogen (secondary N) is 3. The first-order chi connectivity index (χ1) is 9.51. The quantitative estimate of drug-likeness (QED) is 0.535. The van der Waals surface area contributed by atoms with Crippen LogP contribution in [0.4, 0.5) is 11.5 Å². The number of carbonyl (C=O) groups is 1. The number of hydrogen-bond acceptors (Lipinski definition) is 5. The number of rotatable bonds is 7. The molecule has 0 bridgehead atoms. The summed E-state index contributed by atoms with van der Waals surface area (Å²) in [6.45, 7) is 2.70. The topological polar surface area (TPSA) is 122 Å². The average molecular weight is 283 g/mol. The van der Waals surface area contributed by atoms with Gasteiger partial charge >= 0.3 is 5.69 Å². The maximum Gasteiger partial charge on any atom is 0.330 e. The van der Waals surface area contributed by atoms with E-state index in [-0.39, 0.29) is 30.4 Å². The number of anilines is 2. The third kappa shape index (κ3) is 3.87. The van der Waals surface area contributed by atoms with Gasteiger partial charge in [-0.15, -0.1) is 0 Å². The van der Waals surface area contributed by atoms with Crippen LogP contribution in [0.2, 0.25) is 0 Å². The van der Waals surface area contributed by atoms with Crippen LogP contribution >= 0.6 is 0 Å². The summed E-state index contributed by atoms with van der Waals surface area (Å²) < 4.78 is 1.33. The summed E-state index contributed by atoms with van der Waals surface area (Å²) in [5.74, 6) is -0.0455. The molecule has 8 heteroatoms. The van der Waals surface area contributed by atoms with Gasteiger partial charge in [0.25, 0.3) is 5.56 Å². The van der Waals surface area contributed by atoms with E-state index in [2.05, 4.69) is 15.6 Å². The van der Waals surface area contributed by atoms with E-state index in [0.717, 1.165) is 12.8 Å². The standard InChI is InChI=1S/C12H21N5O3/c1-3-4-7-17-10(13)9(11(19)16-12(17)20)15-6-5-8(18)14-2/h15H,3-7,13H2,1-2H3,(H,14,18)(H,16,19,20). The maximum absolute atomic E-state index is 11.7. The minimum Gasteiger partial charge on any atom is -0.383 e. The second-order valence-electron chi connectivity index (χ2n) is 4.37. The molecule has 0 radical (unpaired) electrons. The Bertz CT molecular complexity index is 575. The number of amides is 1. The molecule has 20 heavy (non-hydrogen) atoms. The number of aromatic nitrogens is 2. The van der Waals surface area contributed by atoms with Gasteiger partial charge in [0.15, 0.2) is 0 Å². The first-order valence-electron chi connectivity index (χ1n) is 6.58. The first kappa shape index (κ1) is 15.8. The van der Waals surface area contributed by atoms with Gasteiger partial charge in [0.1, 0.15) is 11.5 Å². The molecule has 0 saturated heterocycles. The molecule has 0 fully saturated rings. The van der Waals surface area contributed by atoms with Gasteiger partial charge in [-0.05, 0) is 6.42 Å². The van der Waals surface area contributed by atoms with E-state index in [1.165, 1.54) is 11.6 Å². The fraction of sp³-hybridized carbons (Fsp3) is 0.583. The number of unbranched alkanes of at least 4 members (excludes halogenated alkanes) is 1. The molecule has 0 aliphatic rings. The van der Waals surface area contributed by atoms with Gasteiger partial charge in [0, 0.05) is 26.6 Å². The Morgan fingerprint density at radius 3 is 2.70 bits per heavy atom. The molecule has 8 nitrogen and oxygen atoms in total. The van der Waals surface area contributed by atoms with Crippen molar-refractivity contribution in [3.05, 3.63) is 20.8 Å². The minimum absolute atomic E-state index is 0.101. The van der Waals surface area contributed by atoms with E-state index >= 15 is 0 Å². The first-order valence-corrected chi connectivity index (χ1v) is 6.58. The van der Waals surface area contributed by atoms with Crippen LogP contribution in [0.5, 0.6) is 0 Å². The predicted molar refractivity (Wildman–Crippen MR) is 77.8 cm³/mol. The van der Waals surface area contributed by atoms with Crippen molar-refractivity contribution < 1.29 is 4.79 Å². The van der Waals surface area contributed by atoms with E-state index in [4.69, 9.17) is 5.73 Å². The summed E-state index contributed by atoms with van der Waals surface area (Å²) in [6, 6.07) is 0. The summed E-state index contributed by atoms with van der Waals surface area (Å²) in [6.07, 6.45) is 1.90. The summed E-state index contributed by atoms with van der Waals surface area (Å²) >= 11 is 0. The van der Waals surface area contributed by atoms with E-state index < -0.39 is 11.2 Å². The minimum atomic E-state index is -0.572. The fourth-order valence-electron chi connectivity index (χ4n) is 1.72. The van der Waals surface area contributed by atoms with Crippen LogP contribution in [0.3, 0.4) is 0 Å². The van der Waals surface area contributed by atoms with E-state index in [1.54, 1.807) is 0 Å². The molecular weight excluding hydrogens is 262 g/mol. The van der Waals surface area contributed by atoms with Crippen molar-refractivity contribution >= 4 is 17.4 Å². The zero-order chi connectivity index (χ0) is 15.1. The lowest BCUT2D eigenvalue weighted by Gasteiger charge is -2.13. The van der Waals surface area contributed by atoms with Crippen LogP contribution in [-0.4, -0.2) is 29.1 Å². The molecule has 0 unspecified atom stereocenters. The van der Waals surface area contributed by atoms with Crippen molar-refractivity contribution in [2.24, 2.45) is 0 Å². The van der Waals surface area contributed by atoms with Gasteiger partial charge in [-0.25, -0.2) is 4.79 Å². The Morgan fingerprint density at radius 1 is 1.40 bits per heavy atom. The highest BCUT2D eigenvalue weighted by Crippen LogP contribution is 2.10. The highest BCUT2D eigenvalue weighted by Gasteiger charge is 2.11. The SMILES string of the molecule is CCCCn1c(N)c(NCCC(=O)NC)c(=O)[nH]c1=O. The summed E-state index contributed by atoms with van der Waals surface area (Å²) in [5.41, 5.74) is 4.90. The third-order valence-electron chi connectivity index (χ3n) is 2.91. The molecule has 0 spiro atoms. The van der Waals surface area contributed by atoms with Crippen molar-refractivity contribution in [1.29, 1.82) is 0 Å². The second-order valence-corrected chi connectivity index (χ2v) is 4.37. The molecule has 1 amide bonds. The molecular formula is C12H21N5O3. The molecule has 112 valence electrons. The Kier molecular flexibility index (Phi) is 5.82. The number of nitrogens with zero attached hydrogens (tertiary/aromatic N) is 1. The van der Waals surface area contributed by atoms with E-state index in [9.17, 15) is 14.4 Å². The summed E-state index contributed by atoms with van der Waals surface area (Å²) in [7, 11) is 1.54. The largest absolute Gasteiger partial charge is 0.383 e. The van der Waals surface area contributed by atoms with Crippen LogP contribution in [0.15, 0.2) is 9.59 Å². The van der Waals surface area contributed by atoms with Crippen LogP contribution < -0.4 is 27.6 Å². The van der Waals surface area contributed by atoms with Crippen LogP contribution in [-0.2, 0) is 11.3 Å². The molecule has 0 aliphatic carbocycles. The van der Waals surface area contributed by atoms with Gasteiger partial charge in [-0.3, -0.25) is 19.1 Å². The van der Waals surface area contributed by atoms with Gasteiger partial charge in [0.05, 0.1) is 0 Å². The molecule has 1 rings (SSSR count). The zero-order valence-electron chi connectivity index (χ0n) is 11.8. The van der Waals surface area contributed by atoms with E-state index in [0.29, 0.717) is 6.54 Å². The lowest BCUT2D eigenvalue weighted by molar-refractivity contribution is -0.120. The van der Waals surface area contributed by atoms with Gasteiger partial charge < -0.3 is 16.4 Å². The van der Waals surface area contributed by atoms with E-state index in [1.807, 2.05) is 6.92 Å². The number of nitrogens with two attached hydrogens (primary N) is 1. The fourth-order valence-corrected chi connectivity index (χ4v) is 1.72. The molecule has 0 saturated carbocycles. The van der Waals surface area contributed by atoms with Gasteiger partial charge in [-0.2, -0.15) is 0 Å². The summed E-state index contributed by atoms with van der Waals surface area (Å²) in [5, 5.41) is 5.28. The monoisotopic (exact) mass is 283 g/mol. The van der Waals surface area contributed by atoms with Crippen molar-refractivity contribution in [2.75, 3.05) is 24.6 Å². The van der Waals surface area contributed by atoms with Crippen LogP contribution in [0.25, 0.3) is 0 Å². The molecule has 1 aromatic heterocycles. The Balaban J connectivity index is 2.92. The number of carbonyl (C=O) groups excluding carboxylic acids is 1. The number of nitrogen functional groups attached to an aromatic ring is 1. The highest BCUT2D eigenvalue weighted by atomic mass is 16.2. The average Bonchev–Trinajstić information content (AvgIpc) is 2.41. The number of aromatic amines is 1. The molecule has 1 aromatic rings. The molecule has 0 aliphatic heterocycles. The highest BCUT2D eigenvalue weighted by molar-refractivity contribution is 5.76. The maximum atomic E-state index is 11.7. The van der Waals surface area contributed by atoms with Crippen molar-refractivity contribution in [3.8, 4) is 0 Å². The van der Waals surface area contributed by atoms with Gasteiger partial charge in [0.2, 0.25) is 5.91 Å². The van der Waals surface area contributed by atoms with Crippen molar-refractivity contribution in [2.45, 2.75) is 32.7 Å². The van der Waals surface area contributed by atoms with Crippen molar-refractivity contribution in [1.82, 2.24) is 14.9 Å². The Labute approximate surface area is 116 Å². The molecule has 5 N–H and O–H groups in total. The van der Waals surface area contributed by atoms with Crippen LogP contribution in [0, 0.1) is 0 Å². The van der Waals surface area contributed by atoms with Crippen LogP contribution in [0.1, 0.15) is 26.2 Å². The third-order valence-corrected chi connectivity index (χ3v) is 2.91. The smallest absolute Gasteiger partial charge is 0.330 e. The normalized spacial score (nSPS) is 10.3. The van der Waals surface area contributed by atoms with Crippen molar-refractivity contribution in [3.63, 3.8) is 0 Å². The Morgan fingerprint density at radius 2 is 2.10 bits per heavy atom. The van der Waals surface area contributed by atoms with Gasteiger partial charge in [-0.1, -0.05) is 13.3 Å². The second kappa shape index (κ2) is 7.37.